The number of rotatable bonds is 3. The van der Waals surface area contributed by atoms with Gasteiger partial charge in [-0.05, 0) is 18.6 Å². The Morgan fingerprint density at radius 1 is 1.32 bits per heavy atom. The first kappa shape index (κ1) is 13.9. The van der Waals surface area contributed by atoms with Crippen LogP contribution in [0.4, 0.5) is 5.82 Å². The quantitative estimate of drug-likeness (QED) is 0.910. The van der Waals surface area contributed by atoms with Crippen molar-refractivity contribution in [1.82, 2.24) is 19.9 Å². The van der Waals surface area contributed by atoms with E-state index >= 15 is 0 Å². The van der Waals surface area contributed by atoms with Crippen LogP contribution in [-0.4, -0.2) is 44.9 Å². The molecule has 1 fully saturated rings. The van der Waals surface area contributed by atoms with E-state index in [4.69, 9.17) is 5.26 Å². The second-order valence-corrected chi connectivity index (χ2v) is 4.99. The third-order valence-electron chi connectivity index (χ3n) is 3.48. The Morgan fingerprint density at radius 2 is 2.23 bits per heavy atom. The number of hydrogen-bond donors (Lipinski definition) is 1. The molecule has 7 nitrogen and oxygen atoms in total. The van der Waals surface area contributed by atoms with Gasteiger partial charge < -0.3 is 10.2 Å². The minimum Gasteiger partial charge on any atom is -0.364 e. The largest absolute Gasteiger partial charge is 0.364 e. The molecule has 0 aliphatic carbocycles. The second-order valence-electron chi connectivity index (χ2n) is 4.99. The van der Waals surface area contributed by atoms with Gasteiger partial charge in [0.1, 0.15) is 17.6 Å². The highest BCUT2D eigenvalue weighted by Gasteiger charge is 2.27. The molecule has 1 N–H and O–H groups in total. The fourth-order valence-corrected chi connectivity index (χ4v) is 2.38. The number of pyridine rings is 1. The molecule has 3 rings (SSSR count). The average Bonchev–Trinajstić information content (AvgIpc) is 3.04. The minimum atomic E-state index is -0.0594. The molecule has 110 valence electrons. The zero-order chi connectivity index (χ0) is 15.4. The van der Waals surface area contributed by atoms with Crippen molar-refractivity contribution in [2.75, 3.05) is 18.4 Å². The van der Waals surface area contributed by atoms with Crippen LogP contribution in [-0.2, 0) is 0 Å². The third kappa shape index (κ3) is 3.01. The Labute approximate surface area is 127 Å². The van der Waals surface area contributed by atoms with E-state index in [2.05, 4.69) is 20.3 Å². The fourth-order valence-electron chi connectivity index (χ4n) is 2.38. The highest BCUT2D eigenvalue weighted by Crippen LogP contribution is 2.16. The smallest absolute Gasteiger partial charge is 0.272 e. The number of anilines is 1. The first-order chi connectivity index (χ1) is 10.8. The summed E-state index contributed by atoms with van der Waals surface area (Å²) < 4.78 is 0. The molecule has 1 saturated heterocycles. The van der Waals surface area contributed by atoms with Gasteiger partial charge in [0.05, 0.1) is 12.4 Å². The standard InChI is InChI=1S/C15H14N6O/c16-7-12-8-19-14(9-18-12)20-11-4-6-21(10-11)15(22)13-3-1-2-5-17-13/h1-3,5,8-9,11H,4,6,10H2,(H,19,20). The van der Waals surface area contributed by atoms with Crippen molar-refractivity contribution < 1.29 is 4.79 Å². The van der Waals surface area contributed by atoms with Gasteiger partial charge in [-0.15, -0.1) is 0 Å². The molecule has 0 radical (unpaired) electrons. The Kier molecular flexibility index (Phi) is 3.92. The first-order valence-electron chi connectivity index (χ1n) is 6.95. The molecule has 1 atom stereocenters. The van der Waals surface area contributed by atoms with Gasteiger partial charge in [-0.1, -0.05) is 6.07 Å². The summed E-state index contributed by atoms with van der Waals surface area (Å²) in [4.78, 5) is 26.3. The van der Waals surface area contributed by atoms with Gasteiger partial charge >= 0.3 is 0 Å². The van der Waals surface area contributed by atoms with E-state index in [-0.39, 0.29) is 17.6 Å². The highest BCUT2D eigenvalue weighted by atomic mass is 16.2. The Bertz CT molecular complexity index is 694. The van der Waals surface area contributed by atoms with Gasteiger partial charge in [0.2, 0.25) is 0 Å². The maximum absolute atomic E-state index is 12.3. The number of likely N-dealkylation sites (tertiary alicyclic amines) is 1. The van der Waals surface area contributed by atoms with Gasteiger partial charge in [0.25, 0.3) is 5.91 Å². The Morgan fingerprint density at radius 3 is 2.91 bits per heavy atom. The third-order valence-corrected chi connectivity index (χ3v) is 3.48. The van der Waals surface area contributed by atoms with Crippen molar-refractivity contribution in [2.45, 2.75) is 12.5 Å². The first-order valence-corrected chi connectivity index (χ1v) is 6.95. The molecule has 1 aliphatic heterocycles. The molecule has 1 amide bonds. The van der Waals surface area contributed by atoms with Crippen LogP contribution < -0.4 is 5.32 Å². The Hall–Kier alpha value is -3.01. The zero-order valence-corrected chi connectivity index (χ0v) is 11.8. The summed E-state index contributed by atoms with van der Waals surface area (Å²) in [5.41, 5.74) is 0.741. The van der Waals surface area contributed by atoms with Crippen molar-refractivity contribution in [3.63, 3.8) is 0 Å². The van der Waals surface area contributed by atoms with Crippen LogP contribution in [0.3, 0.4) is 0 Å². The maximum atomic E-state index is 12.3. The van der Waals surface area contributed by atoms with Crippen LogP contribution in [0.5, 0.6) is 0 Å². The topological polar surface area (TPSA) is 94.8 Å². The summed E-state index contributed by atoms with van der Waals surface area (Å²) in [7, 11) is 0. The summed E-state index contributed by atoms with van der Waals surface area (Å²) in [6.45, 7) is 1.27. The Balaban J connectivity index is 1.60. The molecule has 2 aromatic heterocycles. The summed E-state index contributed by atoms with van der Waals surface area (Å²) in [5.74, 6) is 0.548. The summed E-state index contributed by atoms with van der Waals surface area (Å²) in [6, 6.07) is 7.35. The van der Waals surface area contributed by atoms with E-state index < -0.39 is 0 Å². The number of amides is 1. The zero-order valence-electron chi connectivity index (χ0n) is 11.8. The van der Waals surface area contributed by atoms with E-state index in [1.165, 1.54) is 12.4 Å². The molecule has 22 heavy (non-hydrogen) atoms. The van der Waals surface area contributed by atoms with Crippen molar-refractivity contribution in [3.8, 4) is 6.07 Å². The van der Waals surface area contributed by atoms with Gasteiger partial charge in [0, 0.05) is 25.3 Å². The monoisotopic (exact) mass is 294 g/mol. The van der Waals surface area contributed by atoms with E-state index in [9.17, 15) is 4.79 Å². The number of carbonyl (C=O) groups is 1. The molecule has 2 aromatic rings. The molecule has 0 bridgehead atoms. The predicted octanol–water partition coefficient (Wildman–Crippen LogP) is 1.07. The number of aromatic nitrogens is 3. The van der Waals surface area contributed by atoms with Gasteiger partial charge in [-0.2, -0.15) is 5.26 Å². The van der Waals surface area contributed by atoms with E-state index in [1.807, 2.05) is 6.07 Å². The SMILES string of the molecule is N#Cc1cnc(NC2CCN(C(=O)c3ccccn3)C2)cn1. The second kappa shape index (κ2) is 6.18. The predicted molar refractivity (Wildman–Crippen MR) is 78.9 cm³/mol. The number of nitrogens with one attached hydrogen (secondary N) is 1. The average molecular weight is 294 g/mol. The van der Waals surface area contributed by atoms with Crippen molar-refractivity contribution in [3.05, 3.63) is 48.2 Å². The van der Waals surface area contributed by atoms with Crippen LogP contribution >= 0.6 is 0 Å². The molecule has 1 aliphatic rings. The van der Waals surface area contributed by atoms with E-state index in [1.54, 1.807) is 29.3 Å². The fraction of sp³-hybridized carbons (Fsp3) is 0.267. The van der Waals surface area contributed by atoms with Crippen molar-refractivity contribution in [2.24, 2.45) is 0 Å². The number of nitrogens with zero attached hydrogens (tertiary/aromatic N) is 5. The molecule has 1 unspecified atom stereocenters. The lowest BCUT2D eigenvalue weighted by Gasteiger charge is -2.16. The van der Waals surface area contributed by atoms with Gasteiger partial charge in [-0.3, -0.25) is 9.78 Å². The number of carbonyl (C=O) groups excluding carboxylic acids is 1. The van der Waals surface area contributed by atoms with Gasteiger partial charge in [-0.25, -0.2) is 9.97 Å². The lowest BCUT2D eigenvalue weighted by Crippen LogP contribution is -2.32. The summed E-state index contributed by atoms with van der Waals surface area (Å²) >= 11 is 0. The van der Waals surface area contributed by atoms with Crippen LogP contribution in [0.2, 0.25) is 0 Å². The van der Waals surface area contributed by atoms with E-state index in [0.29, 0.717) is 24.6 Å². The molecule has 0 saturated carbocycles. The number of hydrogen-bond acceptors (Lipinski definition) is 6. The lowest BCUT2D eigenvalue weighted by molar-refractivity contribution is 0.0786. The van der Waals surface area contributed by atoms with E-state index in [0.717, 1.165) is 6.42 Å². The molecular weight excluding hydrogens is 280 g/mol. The van der Waals surface area contributed by atoms with Crippen LogP contribution in [0.1, 0.15) is 22.6 Å². The van der Waals surface area contributed by atoms with Gasteiger partial charge in [0.15, 0.2) is 5.69 Å². The maximum Gasteiger partial charge on any atom is 0.272 e. The molecule has 7 heteroatoms. The van der Waals surface area contributed by atoms with Crippen LogP contribution in [0.15, 0.2) is 36.8 Å². The number of nitriles is 1. The molecular formula is C15H14N6O. The van der Waals surface area contributed by atoms with Crippen molar-refractivity contribution in [1.29, 1.82) is 5.26 Å². The van der Waals surface area contributed by atoms with Crippen LogP contribution in [0.25, 0.3) is 0 Å². The van der Waals surface area contributed by atoms with Crippen LogP contribution in [0, 0.1) is 11.3 Å². The molecule has 0 aromatic carbocycles. The normalized spacial score (nSPS) is 17.0. The molecule has 0 spiro atoms. The summed E-state index contributed by atoms with van der Waals surface area (Å²) in [5, 5.41) is 11.9. The summed E-state index contributed by atoms with van der Waals surface area (Å²) in [6.07, 6.45) is 5.40. The highest BCUT2D eigenvalue weighted by molar-refractivity contribution is 5.92. The van der Waals surface area contributed by atoms with Crippen molar-refractivity contribution >= 4 is 11.7 Å². The lowest BCUT2D eigenvalue weighted by atomic mass is 10.2. The molecule has 3 heterocycles. The minimum absolute atomic E-state index is 0.0594.